The zero-order valence-electron chi connectivity index (χ0n) is 13.0. The van der Waals surface area contributed by atoms with E-state index < -0.39 is 0 Å². The Morgan fingerprint density at radius 1 is 1.17 bits per heavy atom. The molecule has 0 spiro atoms. The minimum Gasteiger partial charge on any atom is -0.345 e. The number of rotatable bonds is 4. The minimum absolute atomic E-state index is 0.108. The molecule has 1 amide bonds. The molecule has 0 radical (unpaired) electrons. The average Bonchev–Trinajstić information content (AvgIpc) is 2.98. The van der Waals surface area contributed by atoms with E-state index in [-0.39, 0.29) is 11.9 Å². The SMILES string of the molecule is Cc1c(C(=O)NC(C)c2ccncc2)cnn1-c1ccccn1. The maximum absolute atomic E-state index is 12.5. The number of aromatic nitrogens is 4. The lowest BCUT2D eigenvalue weighted by Crippen LogP contribution is -2.27. The van der Waals surface area contributed by atoms with Crippen LogP contribution in [0, 0.1) is 6.92 Å². The van der Waals surface area contributed by atoms with Crippen LogP contribution in [0.3, 0.4) is 0 Å². The Labute approximate surface area is 134 Å². The first-order valence-corrected chi connectivity index (χ1v) is 7.33. The summed E-state index contributed by atoms with van der Waals surface area (Å²) < 4.78 is 1.66. The molecule has 0 aliphatic rings. The van der Waals surface area contributed by atoms with Crippen molar-refractivity contribution in [1.82, 2.24) is 25.1 Å². The summed E-state index contributed by atoms with van der Waals surface area (Å²) >= 11 is 0. The Hall–Kier alpha value is -3.02. The molecule has 3 aromatic rings. The summed E-state index contributed by atoms with van der Waals surface area (Å²) in [6.07, 6.45) is 6.69. The predicted molar refractivity (Wildman–Crippen MR) is 86.2 cm³/mol. The lowest BCUT2D eigenvalue weighted by molar-refractivity contribution is 0.0939. The number of carbonyl (C=O) groups is 1. The summed E-state index contributed by atoms with van der Waals surface area (Å²) in [5.74, 6) is 0.528. The number of hydrogen-bond donors (Lipinski definition) is 1. The fourth-order valence-electron chi connectivity index (χ4n) is 2.35. The van der Waals surface area contributed by atoms with Crippen molar-refractivity contribution >= 4 is 5.91 Å². The van der Waals surface area contributed by atoms with E-state index in [0.717, 1.165) is 11.3 Å². The van der Waals surface area contributed by atoms with E-state index in [1.54, 1.807) is 29.5 Å². The van der Waals surface area contributed by atoms with Crippen molar-refractivity contribution in [1.29, 1.82) is 0 Å². The van der Waals surface area contributed by atoms with Gasteiger partial charge in [-0.2, -0.15) is 5.10 Å². The number of pyridine rings is 2. The zero-order chi connectivity index (χ0) is 16.2. The molecule has 23 heavy (non-hydrogen) atoms. The number of hydrogen-bond acceptors (Lipinski definition) is 4. The highest BCUT2D eigenvalue weighted by Crippen LogP contribution is 2.15. The Kier molecular flexibility index (Phi) is 4.14. The molecular formula is C17H17N5O. The molecular weight excluding hydrogens is 290 g/mol. The molecule has 0 saturated heterocycles. The van der Waals surface area contributed by atoms with Gasteiger partial charge in [0.2, 0.25) is 0 Å². The Balaban J connectivity index is 1.80. The summed E-state index contributed by atoms with van der Waals surface area (Å²) in [5, 5.41) is 7.25. The highest BCUT2D eigenvalue weighted by molar-refractivity contribution is 5.95. The van der Waals surface area contributed by atoms with Crippen molar-refractivity contribution in [2.24, 2.45) is 0 Å². The fraction of sp³-hybridized carbons (Fsp3) is 0.176. The average molecular weight is 307 g/mol. The van der Waals surface area contributed by atoms with Crippen LogP contribution in [0.5, 0.6) is 0 Å². The zero-order valence-corrected chi connectivity index (χ0v) is 13.0. The van der Waals surface area contributed by atoms with Crippen molar-refractivity contribution in [2.75, 3.05) is 0 Å². The molecule has 1 unspecified atom stereocenters. The molecule has 6 nitrogen and oxygen atoms in total. The van der Waals surface area contributed by atoms with Crippen molar-refractivity contribution in [3.8, 4) is 5.82 Å². The van der Waals surface area contributed by atoms with E-state index in [1.807, 2.05) is 44.2 Å². The first-order valence-electron chi connectivity index (χ1n) is 7.33. The Morgan fingerprint density at radius 2 is 1.96 bits per heavy atom. The quantitative estimate of drug-likeness (QED) is 0.803. The molecule has 6 heteroatoms. The van der Waals surface area contributed by atoms with Gasteiger partial charge in [0.25, 0.3) is 5.91 Å². The monoisotopic (exact) mass is 307 g/mol. The van der Waals surface area contributed by atoms with Gasteiger partial charge in [-0.05, 0) is 43.7 Å². The van der Waals surface area contributed by atoms with Gasteiger partial charge >= 0.3 is 0 Å². The highest BCUT2D eigenvalue weighted by atomic mass is 16.1. The number of carbonyl (C=O) groups excluding carboxylic acids is 1. The highest BCUT2D eigenvalue weighted by Gasteiger charge is 2.17. The van der Waals surface area contributed by atoms with Crippen molar-refractivity contribution in [2.45, 2.75) is 19.9 Å². The van der Waals surface area contributed by atoms with Crippen LogP contribution in [0.15, 0.2) is 55.1 Å². The van der Waals surface area contributed by atoms with E-state index in [1.165, 1.54) is 0 Å². The number of amides is 1. The third-order valence-corrected chi connectivity index (χ3v) is 3.67. The molecule has 3 heterocycles. The van der Waals surface area contributed by atoms with Crippen molar-refractivity contribution in [3.05, 3.63) is 71.9 Å². The Bertz CT molecular complexity index is 798. The van der Waals surface area contributed by atoms with Gasteiger partial charge in [0.05, 0.1) is 23.5 Å². The van der Waals surface area contributed by atoms with Crippen LogP contribution in [0.25, 0.3) is 5.82 Å². The standard InChI is InChI=1S/C17H17N5O/c1-12(14-6-9-18-10-7-14)21-17(23)15-11-20-22(13(15)2)16-5-3-4-8-19-16/h3-12H,1-2H3,(H,21,23). The van der Waals surface area contributed by atoms with E-state index in [0.29, 0.717) is 11.4 Å². The van der Waals surface area contributed by atoms with E-state index in [2.05, 4.69) is 20.4 Å². The van der Waals surface area contributed by atoms with E-state index >= 15 is 0 Å². The van der Waals surface area contributed by atoms with Gasteiger partial charge in [-0.15, -0.1) is 0 Å². The molecule has 0 saturated carbocycles. The molecule has 3 aromatic heterocycles. The predicted octanol–water partition coefficient (Wildman–Crippen LogP) is 2.46. The lowest BCUT2D eigenvalue weighted by atomic mass is 10.1. The summed E-state index contributed by atoms with van der Waals surface area (Å²) in [4.78, 5) is 20.7. The van der Waals surface area contributed by atoms with Gasteiger partial charge in [0, 0.05) is 18.6 Å². The molecule has 0 bridgehead atoms. The second-order valence-corrected chi connectivity index (χ2v) is 5.22. The van der Waals surface area contributed by atoms with E-state index in [4.69, 9.17) is 0 Å². The van der Waals surface area contributed by atoms with Gasteiger partial charge in [0.1, 0.15) is 0 Å². The molecule has 3 rings (SSSR count). The molecule has 1 N–H and O–H groups in total. The molecule has 0 aromatic carbocycles. The fourth-order valence-corrected chi connectivity index (χ4v) is 2.35. The number of nitrogens with zero attached hydrogens (tertiary/aromatic N) is 4. The second-order valence-electron chi connectivity index (χ2n) is 5.22. The van der Waals surface area contributed by atoms with Crippen LogP contribution in [-0.4, -0.2) is 25.7 Å². The van der Waals surface area contributed by atoms with Crippen LogP contribution in [0.1, 0.15) is 34.6 Å². The van der Waals surface area contributed by atoms with Gasteiger partial charge < -0.3 is 5.32 Å². The first-order chi connectivity index (χ1) is 11.2. The smallest absolute Gasteiger partial charge is 0.255 e. The topological polar surface area (TPSA) is 72.7 Å². The van der Waals surface area contributed by atoms with Crippen LogP contribution in [0.4, 0.5) is 0 Å². The minimum atomic E-state index is -0.158. The molecule has 1 atom stereocenters. The third-order valence-electron chi connectivity index (χ3n) is 3.67. The third kappa shape index (κ3) is 3.11. The summed E-state index contributed by atoms with van der Waals surface area (Å²) in [6, 6.07) is 9.23. The van der Waals surface area contributed by atoms with Crippen LogP contribution in [0.2, 0.25) is 0 Å². The molecule has 116 valence electrons. The maximum Gasteiger partial charge on any atom is 0.255 e. The number of nitrogens with one attached hydrogen (secondary N) is 1. The van der Waals surface area contributed by atoms with Crippen molar-refractivity contribution in [3.63, 3.8) is 0 Å². The van der Waals surface area contributed by atoms with Gasteiger partial charge in [-0.25, -0.2) is 9.67 Å². The van der Waals surface area contributed by atoms with Gasteiger partial charge in [-0.1, -0.05) is 6.07 Å². The first kappa shape index (κ1) is 14.9. The summed E-state index contributed by atoms with van der Waals surface area (Å²) in [7, 11) is 0. The normalized spacial score (nSPS) is 11.9. The van der Waals surface area contributed by atoms with Gasteiger partial charge in [0.15, 0.2) is 5.82 Å². The van der Waals surface area contributed by atoms with Crippen LogP contribution >= 0.6 is 0 Å². The van der Waals surface area contributed by atoms with Crippen LogP contribution in [-0.2, 0) is 0 Å². The maximum atomic E-state index is 12.5. The summed E-state index contributed by atoms with van der Waals surface area (Å²) in [5.41, 5.74) is 2.29. The van der Waals surface area contributed by atoms with Gasteiger partial charge in [-0.3, -0.25) is 9.78 Å². The molecule has 0 fully saturated rings. The molecule has 0 aliphatic carbocycles. The molecule has 0 aliphatic heterocycles. The summed E-state index contributed by atoms with van der Waals surface area (Å²) in [6.45, 7) is 3.79. The largest absolute Gasteiger partial charge is 0.345 e. The van der Waals surface area contributed by atoms with Crippen molar-refractivity contribution < 1.29 is 4.79 Å². The second kappa shape index (κ2) is 6.39. The lowest BCUT2D eigenvalue weighted by Gasteiger charge is -2.13. The van der Waals surface area contributed by atoms with E-state index in [9.17, 15) is 4.79 Å². The Morgan fingerprint density at radius 3 is 2.65 bits per heavy atom. The van der Waals surface area contributed by atoms with Crippen LogP contribution < -0.4 is 5.32 Å².